The minimum atomic E-state index is -0.797. The molecule has 1 saturated heterocycles. The smallest absolute Gasteiger partial charge is 0.242 e. The molecule has 0 unspecified atom stereocenters. The van der Waals surface area contributed by atoms with Crippen molar-refractivity contribution in [3.05, 3.63) is 0 Å². The third-order valence-corrected chi connectivity index (χ3v) is 4.66. The summed E-state index contributed by atoms with van der Waals surface area (Å²) in [5.74, 6) is -0.942. The van der Waals surface area contributed by atoms with Gasteiger partial charge in [-0.1, -0.05) is 13.8 Å². The molecule has 0 aromatic heterocycles. The molecule has 1 heterocycles. The second-order valence-electron chi connectivity index (χ2n) is 7.42. The number of hydrogen-bond donors (Lipinski definition) is 5. The predicted octanol–water partition coefficient (Wildman–Crippen LogP) is -2.17. The average molecular weight is 383 g/mol. The molecule has 0 spiro atoms. The Bertz CT molecular complexity index is 486. The van der Waals surface area contributed by atoms with Gasteiger partial charge in [-0.25, -0.2) is 0 Å². The van der Waals surface area contributed by atoms with Gasteiger partial charge in [-0.15, -0.1) is 0 Å². The molecule has 1 aliphatic rings. The van der Waals surface area contributed by atoms with Crippen molar-refractivity contribution in [3.8, 4) is 0 Å². The van der Waals surface area contributed by atoms with Crippen molar-refractivity contribution in [2.45, 2.75) is 45.2 Å². The highest BCUT2D eigenvalue weighted by atomic mass is 16.5. The monoisotopic (exact) mass is 383 g/mol. The molecule has 2 atom stereocenters. The van der Waals surface area contributed by atoms with Crippen LogP contribution in [0.5, 0.6) is 0 Å². The Kier molecular flexibility index (Phi) is 11.2. The van der Waals surface area contributed by atoms with E-state index in [1.165, 1.54) is 7.85 Å². The molecule has 1 rings (SSSR count). The molecule has 0 aromatic rings. The summed E-state index contributed by atoms with van der Waals surface area (Å²) in [4.78, 5) is 38.2. The molecule has 0 aliphatic carbocycles. The van der Waals surface area contributed by atoms with Gasteiger partial charge in [-0.05, 0) is 31.7 Å². The van der Waals surface area contributed by atoms with Crippen molar-refractivity contribution in [2.24, 2.45) is 5.92 Å². The van der Waals surface area contributed by atoms with E-state index in [4.69, 9.17) is 0 Å². The molecule has 5 N–H and O–H groups in total. The largest absolute Gasteiger partial charge is 0.348 e. The van der Waals surface area contributed by atoms with E-state index in [1.54, 1.807) is 13.8 Å². The van der Waals surface area contributed by atoms with Crippen LogP contribution in [-0.2, 0) is 14.4 Å². The van der Waals surface area contributed by atoms with Crippen molar-refractivity contribution in [1.29, 1.82) is 0 Å². The quantitative estimate of drug-likeness (QED) is 0.148. The van der Waals surface area contributed by atoms with Gasteiger partial charge in [-0.3, -0.25) is 9.59 Å². The highest BCUT2D eigenvalue weighted by Gasteiger charge is 2.27. The molecule has 0 saturated carbocycles. The van der Waals surface area contributed by atoms with Crippen LogP contribution in [-0.4, -0.2) is 86.8 Å². The molecular weight excluding hydrogens is 349 g/mol. The van der Waals surface area contributed by atoms with Crippen molar-refractivity contribution in [2.75, 3.05) is 39.3 Å². The zero-order valence-corrected chi connectivity index (χ0v) is 16.7. The van der Waals surface area contributed by atoms with Crippen molar-refractivity contribution in [1.82, 2.24) is 26.3 Å². The van der Waals surface area contributed by atoms with E-state index in [-0.39, 0.29) is 24.1 Å². The number of rotatable bonds is 12. The van der Waals surface area contributed by atoms with Gasteiger partial charge in [0.1, 0.15) is 17.8 Å². The van der Waals surface area contributed by atoms with Gasteiger partial charge in [0.25, 0.3) is 0 Å². The van der Waals surface area contributed by atoms with Crippen LogP contribution in [0, 0.1) is 5.92 Å². The zero-order valence-electron chi connectivity index (χ0n) is 16.7. The first-order chi connectivity index (χ1) is 12.8. The first-order valence-electron chi connectivity index (χ1n) is 9.75. The molecule has 10 heteroatoms. The fourth-order valence-electron chi connectivity index (χ4n) is 2.99. The van der Waals surface area contributed by atoms with Crippen LogP contribution in [0.1, 0.15) is 33.1 Å². The minimum Gasteiger partial charge on any atom is -0.348 e. The topological polar surface area (TPSA) is 123 Å². The van der Waals surface area contributed by atoms with Crippen molar-refractivity contribution < 1.29 is 19.6 Å². The Morgan fingerprint density at radius 1 is 1.15 bits per heavy atom. The first kappa shape index (κ1) is 23.6. The summed E-state index contributed by atoms with van der Waals surface area (Å²) >= 11 is 0. The van der Waals surface area contributed by atoms with Crippen LogP contribution in [0.25, 0.3) is 0 Å². The highest BCUT2D eigenvalue weighted by Crippen LogP contribution is 2.07. The third kappa shape index (κ3) is 9.32. The van der Waals surface area contributed by atoms with E-state index in [2.05, 4.69) is 20.9 Å². The van der Waals surface area contributed by atoms with Gasteiger partial charge in [0, 0.05) is 26.2 Å². The van der Waals surface area contributed by atoms with Gasteiger partial charge >= 0.3 is 0 Å². The molecule has 9 nitrogen and oxygen atoms in total. The van der Waals surface area contributed by atoms with Gasteiger partial charge in [0.2, 0.25) is 11.8 Å². The lowest BCUT2D eigenvalue weighted by atomic mass is 10.0. The Balaban J connectivity index is 2.54. The number of nitrogens with one attached hydrogen (secondary N) is 4. The lowest BCUT2D eigenvalue weighted by Gasteiger charge is -2.27. The third-order valence-electron chi connectivity index (χ3n) is 4.66. The number of hydrogen-bond acceptors (Lipinski definition) is 7. The number of nitrogens with zero attached hydrogens (tertiary/aromatic N) is 1. The van der Waals surface area contributed by atoms with Crippen LogP contribution >= 0.6 is 0 Å². The lowest BCUT2D eigenvalue weighted by Crippen LogP contribution is -2.54. The van der Waals surface area contributed by atoms with E-state index in [0.717, 1.165) is 45.6 Å². The normalized spacial score (nSPS) is 17.3. The van der Waals surface area contributed by atoms with Gasteiger partial charge in [0.15, 0.2) is 7.85 Å². The summed E-state index contributed by atoms with van der Waals surface area (Å²) in [6.45, 7) is 8.54. The van der Waals surface area contributed by atoms with Crippen LogP contribution in [0.2, 0.25) is 0 Å². The number of amides is 2. The maximum absolute atomic E-state index is 12.4. The van der Waals surface area contributed by atoms with Gasteiger partial charge in [-0.2, -0.15) is 5.48 Å². The lowest BCUT2D eigenvalue weighted by molar-refractivity contribution is -0.132. The number of piperazine rings is 1. The first-order valence-corrected chi connectivity index (χ1v) is 9.75. The van der Waals surface area contributed by atoms with Crippen LogP contribution in [0.15, 0.2) is 0 Å². The van der Waals surface area contributed by atoms with Crippen LogP contribution in [0.4, 0.5) is 0 Å². The molecule has 1 aliphatic heterocycles. The average Bonchev–Trinajstić information content (AvgIpc) is 2.63. The Morgan fingerprint density at radius 3 is 2.37 bits per heavy atom. The number of unbranched alkanes of at least 4 members (excludes halogenated alkanes) is 1. The molecule has 1 fully saturated rings. The molecular formula is C17H34BN5O4. The summed E-state index contributed by atoms with van der Waals surface area (Å²) in [5.41, 5.74) is 1.85. The molecule has 154 valence electrons. The molecule has 2 amide bonds. The number of carbonyl (C=O) groups excluding carboxylic acids is 3. The second kappa shape index (κ2) is 12.8. The van der Waals surface area contributed by atoms with Crippen molar-refractivity contribution >= 4 is 25.3 Å². The number of hydroxylamine groups is 1. The standard InChI is InChI=1S/C17H34BN5O4/c1-12(2)15(22-27)17(26)21-13(16(25)20-11-14(18)24)5-3-4-8-23-9-6-19-7-10-23/h12-13,15,19,22,27H,3-11,18H2,1-2H3,(H,20,25)(H,21,26)/t13-,15-/m0/s1. The fourth-order valence-corrected chi connectivity index (χ4v) is 2.99. The summed E-state index contributed by atoms with van der Waals surface area (Å²) in [5, 5.41) is 17.8. The fraction of sp³-hybridized carbons (Fsp3) is 0.824. The Hall–Kier alpha value is -1.49. The van der Waals surface area contributed by atoms with Crippen molar-refractivity contribution in [3.63, 3.8) is 0 Å². The van der Waals surface area contributed by atoms with E-state index in [9.17, 15) is 19.6 Å². The SMILES string of the molecule is BC(=O)CNC(=O)[C@H](CCCCN1CCNCC1)NC(=O)[C@@H](NO)C(C)C. The summed E-state index contributed by atoms with van der Waals surface area (Å²) in [6.07, 6.45) is 2.19. The second-order valence-corrected chi connectivity index (χ2v) is 7.42. The molecule has 0 bridgehead atoms. The maximum atomic E-state index is 12.4. The summed E-state index contributed by atoms with van der Waals surface area (Å²) in [6, 6.07) is -1.52. The number of carbonyl (C=O) groups is 3. The minimum absolute atomic E-state index is 0.0577. The summed E-state index contributed by atoms with van der Waals surface area (Å²) in [7, 11) is 1.39. The van der Waals surface area contributed by atoms with Crippen LogP contribution in [0.3, 0.4) is 0 Å². The Morgan fingerprint density at radius 2 is 1.81 bits per heavy atom. The van der Waals surface area contributed by atoms with E-state index >= 15 is 0 Å². The molecule has 27 heavy (non-hydrogen) atoms. The summed E-state index contributed by atoms with van der Waals surface area (Å²) < 4.78 is 0. The van der Waals surface area contributed by atoms with E-state index in [1.807, 2.05) is 5.48 Å². The Labute approximate surface area is 162 Å². The molecule has 0 radical (unpaired) electrons. The molecule has 0 aromatic carbocycles. The zero-order chi connectivity index (χ0) is 20.2. The maximum Gasteiger partial charge on any atom is 0.242 e. The van der Waals surface area contributed by atoms with Crippen LogP contribution < -0.4 is 21.4 Å². The van der Waals surface area contributed by atoms with E-state index in [0.29, 0.717) is 6.42 Å². The van der Waals surface area contributed by atoms with E-state index < -0.39 is 18.0 Å². The van der Waals surface area contributed by atoms with Gasteiger partial charge < -0.3 is 30.9 Å². The predicted molar refractivity (Wildman–Crippen MR) is 105 cm³/mol. The highest BCUT2D eigenvalue weighted by molar-refractivity contribution is 6.58. The van der Waals surface area contributed by atoms with Gasteiger partial charge in [0.05, 0.1) is 6.54 Å².